The van der Waals surface area contributed by atoms with Crippen molar-refractivity contribution in [3.8, 4) is 6.07 Å². The van der Waals surface area contributed by atoms with E-state index in [2.05, 4.69) is 4.98 Å². The number of carbonyl (C=O) groups is 2. The zero-order valence-electron chi connectivity index (χ0n) is 13.4. The number of nitriles is 1. The van der Waals surface area contributed by atoms with Crippen LogP contribution >= 0.6 is 0 Å². The Bertz CT molecular complexity index is 727. The van der Waals surface area contributed by atoms with Crippen LogP contribution < -0.4 is 5.56 Å². The van der Waals surface area contributed by atoms with E-state index in [9.17, 15) is 14.4 Å². The van der Waals surface area contributed by atoms with E-state index in [0.717, 1.165) is 18.4 Å². The molecule has 0 aromatic carbocycles. The smallest absolute Gasteiger partial charge is 0.306 e. The van der Waals surface area contributed by atoms with Gasteiger partial charge in [-0.3, -0.25) is 14.4 Å². The molecule has 0 saturated heterocycles. The minimum absolute atomic E-state index is 0.00670. The van der Waals surface area contributed by atoms with Gasteiger partial charge in [-0.15, -0.1) is 0 Å². The lowest BCUT2D eigenvalue weighted by Gasteiger charge is -2.20. The molecular formula is C17H20N2O4. The highest BCUT2D eigenvalue weighted by Crippen LogP contribution is 2.19. The molecule has 1 saturated carbocycles. The van der Waals surface area contributed by atoms with Gasteiger partial charge in [-0.05, 0) is 50.7 Å². The number of nitrogens with zero attached hydrogens (tertiary/aromatic N) is 1. The van der Waals surface area contributed by atoms with Crippen molar-refractivity contribution >= 4 is 11.8 Å². The monoisotopic (exact) mass is 316 g/mol. The minimum Gasteiger partial charge on any atom is -0.454 e. The third kappa shape index (κ3) is 3.86. The van der Waals surface area contributed by atoms with E-state index in [4.69, 9.17) is 10.00 Å². The third-order valence-electron chi connectivity index (χ3n) is 4.27. The minimum atomic E-state index is -0.608. The van der Waals surface area contributed by atoms with Crippen LogP contribution in [0.25, 0.3) is 0 Å². The standard InChI is InChI=1S/C17H20N2O4/c1-10-12(11(2)19-17(22)13(10)9-18)7-8-16(21)23-15-6-4-3-5-14(15)20/h15H,3-8H2,1-2H3,(H,19,22)/t15-/m0/s1. The first-order valence-corrected chi connectivity index (χ1v) is 7.78. The number of pyridine rings is 1. The van der Waals surface area contributed by atoms with E-state index in [-0.39, 0.29) is 17.8 Å². The summed E-state index contributed by atoms with van der Waals surface area (Å²) in [5.74, 6) is -0.429. The fourth-order valence-electron chi connectivity index (χ4n) is 2.94. The van der Waals surface area contributed by atoms with Crippen molar-refractivity contribution in [1.82, 2.24) is 4.98 Å². The molecule has 23 heavy (non-hydrogen) atoms. The van der Waals surface area contributed by atoms with Crippen LogP contribution in [0.5, 0.6) is 0 Å². The molecule has 1 aromatic heterocycles. The zero-order valence-corrected chi connectivity index (χ0v) is 13.4. The fourth-order valence-corrected chi connectivity index (χ4v) is 2.94. The number of aromatic amines is 1. The second-order valence-electron chi connectivity index (χ2n) is 5.86. The van der Waals surface area contributed by atoms with Gasteiger partial charge in [0.15, 0.2) is 11.9 Å². The van der Waals surface area contributed by atoms with E-state index in [1.54, 1.807) is 13.8 Å². The first kappa shape index (κ1) is 16.9. The van der Waals surface area contributed by atoms with Crippen molar-refractivity contribution < 1.29 is 14.3 Å². The normalized spacial score (nSPS) is 17.6. The Morgan fingerprint density at radius 1 is 1.35 bits per heavy atom. The van der Waals surface area contributed by atoms with Crippen molar-refractivity contribution in [2.24, 2.45) is 0 Å². The number of ketones is 1. The summed E-state index contributed by atoms with van der Waals surface area (Å²) in [5, 5.41) is 9.04. The lowest BCUT2D eigenvalue weighted by molar-refractivity contribution is -0.156. The Balaban J connectivity index is 2.03. The van der Waals surface area contributed by atoms with Gasteiger partial charge in [-0.25, -0.2) is 0 Å². The molecule has 6 nitrogen and oxygen atoms in total. The lowest BCUT2D eigenvalue weighted by atomic mass is 9.96. The van der Waals surface area contributed by atoms with E-state index in [1.165, 1.54) is 0 Å². The van der Waals surface area contributed by atoms with Crippen LogP contribution in [0, 0.1) is 25.2 Å². The number of nitrogens with one attached hydrogen (secondary N) is 1. The molecule has 0 amide bonds. The van der Waals surface area contributed by atoms with Crippen LogP contribution in [-0.2, 0) is 20.7 Å². The second-order valence-corrected chi connectivity index (χ2v) is 5.86. The molecule has 1 aromatic rings. The molecule has 0 spiro atoms. The van der Waals surface area contributed by atoms with Crippen molar-refractivity contribution in [2.75, 3.05) is 0 Å². The molecular weight excluding hydrogens is 296 g/mol. The van der Waals surface area contributed by atoms with Gasteiger partial charge < -0.3 is 9.72 Å². The average Bonchev–Trinajstić information content (AvgIpc) is 2.49. The number of rotatable bonds is 4. The molecule has 6 heteroatoms. The van der Waals surface area contributed by atoms with Crippen LogP contribution in [0.2, 0.25) is 0 Å². The summed E-state index contributed by atoms with van der Waals surface area (Å²) in [4.78, 5) is 37.9. The van der Waals surface area contributed by atoms with Gasteiger partial charge in [0.1, 0.15) is 11.6 Å². The highest BCUT2D eigenvalue weighted by atomic mass is 16.5. The fraction of sp³-hybridized carbons (Fsp3) is 0.529. The maximum absolute atomic E-state index is 12.0. The molecule has 1 fully saturated rings. The Morgan fingerprint density at radius 2 is 2.09 bits per heavy atom. The highest BCUT2D eigenvalue weighted by molar-refractivity contribution is 5.86. The van der Waals surface area contributed by atoms with Gasteiger partial charge in [-0.1, -0.05) is 0 Å². The third-order valence-corrected chi connectivity index (χ3v) is 4.27. The summed E-state index contributed by atoms with van der Waals surface area (Å²) in [5.41, 5.74) is 1.67. The average molecular weight is 316 g/mol. The number of carbonyl (C=O) groups excluding carboxylic acids is 2. The molecule has 1 N–H and O–H groups in total. The molecule has 1 heterocycles. The molecule has 1 aliphatic rings. The van der Waals surface area contributed by atoms with E-state index < -0.39 is 17.6 Å². The molecule has 0 radical (unpaired) electrons. The van der Waals surface area contributed by atoms with Crippen LogP contribution in [-0.4, -0.2) is 22.8 Å². The number of hydrogen-bond acceptors (Lipinski definition) is 5. The van der Waals surface area contributed by atoms with Crippen molar-refractivity contribution in [2.45, 2.75) is 58.5 Å². The Morgan fingerprint density at radius 3 is 2.74 bits per heavy atom. The maximum atomic E-state index is 12.0. The zero-order chi connectivity index (χ0) is 17.0. The number of H-pyrrole nitrogens is 1. The van der Waals surface area contributed by atoms with Crippen LogP contribution in [0.4, 0.5) is 0 Å². The van der Waals surface area contributed by atoms with Crippen molar-refractivity contribution in [1.29, 1.82) is 5.26 Å². The Kier molecular flexibility index (Phi) is 5.32. The predicted molar refractivity (Wildman–Crippen MR) is 82.9 cm³/mol. The summed E-state index contributed by atoms with van der Waals surface area (Å²) in [6.07, 6.45) is 2.70. The van der Waals surface area contributed by atoms with Crippen LogP contribution in [0.1, 0.15) is 54.5 Å². The van der Waals surface area contributed by atoms with E-state index >= 15 is 0 Å². The molecule has 0 bridgehead atoms. The lowest BCUT2D eigenvalue weighted by Crippen LogP contribution is -2.30. The van der Waals surface area contributed by atoms with E-state index in [1.807, 2.05) is 6.07 Å². The summed E-state index contributed by atoms with van der Waals surface area (Å²) in [6.45, 7) is 3.44. The second kappa shape index (κ2) is 7.23. The number of aromatic nitrogens is 1. The van der Waals surface area contributed by atoms with Gasteiger partial charge >= 0.3 is 5.97 Å². The summed E-state index contributed by atoms with van der Waals surface area (Å²) in [7, 11) is 0. The topological polar surface area (TPSA) is 100 Å². The Hall–Kier alpha value is -2.42. The first-order valence-electron chi connectivity index (χ1n) is 7.78. The maximum Gasteiger partial charge on any atom is 0.306 e. The predicted octanol–water partition coefficient (Wildman–Crippen LogP) is 1.85. The van der Waals surface area contributed by atoms with Gasteiger partial charge in [0.25, 0.3) is 5.56 Å². The van der Waals surface area contributed by atoms with Gasteiger partial charge in [0.2, 0.25) is 0 Å². The molecule has 122 valence electrons. The van der Waals surface area contributed by atoms with Crippen molar-refractivity contribution in [3.63, 3.8) is 0 Å². The summed E-state index contributed by atoms with van der Waals surface area (Å²) >= 11 is 0. The molecule has 0 aliphatic heterocycles. The van der Waals surface area contributed by atoms with Crippen LogP contribution in [0.15, 0.2) is 4.79 Å². The van der Waals surface area contributed by atoms with Gasteiger partial charge in [-0.2, -0.15) is 5.26 Å². The number of esters is 1. The number of hydrogen-bond donors (Lipinski definition) is 1. The number of Topliss-reactive ketones (excluding diaryl/α,β-unsaturated/α-hetero) is 1. The summed E-state index contributed by atoms with van der Waals surface area (Å²) in [6, 6.07) is 1.89. The first-order chi connectivity index (χ1) is 10.9. The highest BCUT2D eigenvalue weighted by Gasteiger charge is 2.25. The quantitative estimate of drug-likeness (QED) is 0.854. The largest absolute Gasteiger partial charge is 0.454 e. The molecule has 2 rings (SSSR count). The summed E-state index contributed by atoms with van der Waals surface area (Å²) < 4.78 is 5.26. The van der Waals surface area contributed by atoms with Crippen molar-refractivity contribution in [3.05, 3.63) is 32.7 Å². The van der Waals surface area contributed by atoms with Crippen LogP contribution in [0.3, 0.4) is 0 Å². The number of ether oxygens (including phenoxy) is 1. The molecule has 1 aliphatic carbocycles. The molecule has 1 atom stereocenters. The molecule has 0 unspecified atom stereocenters. The SMILES string of the molecule is Cc1[nH]c(=O)c(C#N)c(C)c1CCC(=O)O[C@H]1CCCCC1=O. The number of aryl methyl sites for hydroxylation is 1. The van der Waals surface area contributed by atoms with Gasteiger partial charge in [0, 0.05) is 18.5 Å². The Labute approximate surface area is 134 Å². The van der Waals surface area contributed by atoms with E-state index in [0.29, 0.717) is 30.5 Å². The van der Waals surface area contributed by atoms with Gasteiger partial charge in [0.05, 0.1) is 0 Å².